The maximum atomic E-state index is 13.0. The van der Waals surface area contributed by atoms with Crippen LogP contribution in [0.3, 0.4) is 0 Å². The number of fused-ring (bicyclic) bond motifs is 1. The molecule has 1 aliphatic rings. The Kier molecular flexibility index (Phi) is 6.31. The summed E-state index contributed by atoms with van der Waals surface area (Å²) >= 11 is 12.2. The van der Waals surface area contributed by atoms with Gasteiger partial charge in [0.2, 0.25) is 5.78 Å². The highest BCUT2D eigenvalue weighted by molar-refractivity contribution is 6.35. The van der Waals surface area contributed by atoms with E-state index in [0.29, 0.717) is 44.2 Å². The molecule has 0 amide bonds. The summed E-state index contributed by atoms with van der Waals surface area (Å²) in [6, 6.07) is 14.2. The summed E-state index contributed by atoms with van der Waals surface area (Å²) < 4.78 is 22.6. The van der Waals surface area contributed by atoms with Gasteiger partial charge in [-0.25, -0.2) is 0 Å². The molecule has 0 atom stereocenters. The minimum atomic E-state index is -0.199. The van der Waals surface area contributed by atoms with E-state index in [1.807, 2.05) is 25.1 Å². The van der Waals surface area contributed by atoms with Crippen LogP contribution >= 0.6 is 23.2 Å². The van der Waals surface area contributed by atoms with E-state index >= 15 is 0 Å². The number of ether oxygens (including phenoxy) is 4. The monoisotopic (exact) mass is 470 g/mol. The molecule has 0 N–H and O–H groups in total. The number of hydrogen-bond acceptors (Lipinski definition) is 5. The summed E-state index contributed by atoms with van der Waals surface area (Å²) in [6.45, 7) is 2.10. The lowest BCUT2D eigenvalue weighted by atomic mass is 10.0. The topological polar surface area (TPSA) is 54.0 Å². The van der Waals surface area contributed by atoms with Crippen LogP contribution in [0.1, 0.15) is 27.0 Å². The van der Waals surface area contributed by atoms with Crippen molar-refractivity contribution < 1.29 is 23.7 Å². The fraction of sp³-hybridized carbons (Fsp3) is 0.160. The zero-order valence-electron chi connectivity index (χ0n) is 17.7. The number of benzene rings is 3. The van der Waals surface area contributed by atoms with Crippen LogP contribution in [0.2, 0.25) is 10.0 Å². The number of hydrogen-bond donors (Lipinski definition) is 0. The number of rotatable bonds is 6. The van der Waals surface area contributed by atoms with Crippen LogP contribution in [0.5, 0.6) is 23.0 Å². The molecule has 5 nitrogen and oxygen atoms in total. The van der Waals surface area contributed by atoms with Gasteiger partial charge in [-0.05, 0) is 42.8 Å². The number of methoxy groups -OCH3 is 2. The predicted molar refractivity (Wildman–Crippen MR) is 124 cm³/mol. The number of para-hydroxylation sites is 1. The molecule has 3 aromatic rings. The van der Waals surface area contributed by atoms with Crippen LogP contribution in [0.4, 0.5) is 0 Å². The molecular formula is C25H20Cl2O5. The summed E-state index contributed by atoms with van der Waals surface area (Å²) in [7, 11) is 3.11. The van der Waals surface area contributed by atoms with Crippen LogP contribution in [-0.2, 0) is 6.61 Å². The molecule has 4 rings (SSSR count). The van der Waals surface area contributed by atoms with Crippen molar-refractivity contribution in [3.05, 3.63) is 86.6 Å². The van der Waals surface area contributed by atoms with Crippen molar-refractivity contribution in [2.75, 3.05) is 14.2 Å². The molecule has 1 aliphatic heterocycles. The summed E-state index contributed by atoms with van der Waals surface area (Å²) in [6.07, 6.45) is 1.65. The van der Waals surface area contributed by atoms with E-state index < -0.39 is 0 Å². The largest absolute Gasteiger partial charge is 0.493 e. The maximum absolute atomic E-state index is 13.0. The van der Waals surface area contributed by atoms with E-state index in [2.05, 4.69) is 0 Å². The minimum absolute atomic E-state index is 0.199. The standard InChI is InChI=1S/C25H20Cl2O5/c1-14-9-18(31-13-16-7-8-17(26)11-19(16)27)12-21-23(14)24(28)22(32-21)10-15-5-4-6-20(29-2)25(15)30-3/h4-12H,13H2,1-3H3/b22-10-. The molecular weight excluding hydrogens is 451 g/mol. The van der Waals surface area contributed by atoms with Gasteiger partial charge in [0.15, 0.2) is 17.3 Å². The Hall–Kier alpha value is -3.15. The number of carbonyl (C=O) groups is 1. The van der Waals surface area contributed by atoms with Gasteiger partial charge in [-0.3, -0.25) is 4.79 Å². The average Bonchev–Trinajstić information content (AvgIpc) is 3.08. The van der Waals surface area contributed by atoms with Gasteiger partial charge in [0.05, 0.1) is 19.8 Å². The Morgan fingerprint density at radius 3 is 2.56 bits per heavy atom. The third kappa shape index (κ3) is 4.27. The molecule has 0 unspecified atom stereocenters. The minimum Gasteiger partial charge on any atom is -0.493 e. The molecule has 1 heterocycles. The van der Waals surface area contributed by atoms with E-state index in [-0.39, 0.29) is 18.1 Å². The van der Waals surface area contributed by atoms with Gasteiger partial charge in [-0.15, -0.1) is 0 Å². The Morgan fingerprint density at radius 2 is 1.84 bits per heavy atom. The number of ketones is 1. The second-order valence-corrected chi connectivity index (χ2v) is 8.00. The molecule has 0 aliphatic carbocycles. The van der Waals surface area contributed by atoms with Crippen molar-refractivity contribution >= 4 is 35.1 Å². The summed E-state index contributed by atoms with van der Waals surface area (Å²) in [5.74, 6) is 2.11. The van der Waals surface area contributed by atoms with Crippen molar-refractivity contribution in [1.29, 1.82) is 0 Å². The molecule has 0 saturated heterocycles. The Morgan fingerprint density at radius 1 is 1.03 bits per heavy atom. The molecule has 3 aromatic carbocycles. The van der Waals surface area contributed by atoms with Gasteiger partial charge in [-0.2, -0.15) is 0 Å². The summed E-state index contributed by atoms with van der Waals surface area (Å²) in [4.78, 5) is 13.0. The molecule has 0 spiro atoms. The smallest absolute Gasteiger partial charge is 0.232 e. The van der Waals surface area contributed by atoms with E-state index in [1.165, 1.54) is 0 Å². The Bertz CT molecular complexity index is 1230. The highest BCUT2D eigenvalue weighted by Crippen LogP contribution is 2.39. The van der Waals surface area contributed by atoms with Crippen LogP contribution in [0.25, 0.3) is 6.08 Å². The van der Waals surface area contributed by atoms with Crippen LogP contribution in [-0.4, -0.2) is 20.0 Å². The first-order valence-electron chi connectivity index (χ1n) is 9.78. The van der Waals surface area contributed by atoms with E-state index in [4.69, 9.17) is 42.1 Å². The SMILES string of the molecule is COc1cccc(/C=C2\Oc3cc(OCc4ccc(Cl)cc4Cl)cc(C)c3C2=O)c1OC. The summed E-state index contributed by atoms with van der Waals surface area (Å²) in [5.41, 5.74) is 2.74. The number of halogens is 2. The van der Waals surface area contributed by atoms with E-state index in [1.54, 1.807) is 50.6 Å². The lowest BCUT2D eigenvalue weighted by molar-refractivity contribution is 0.101. The molecule has 0 aromatic heterocycles. The van der Waals surface area contributed by atoms with Gasteiger partial charge < -0.3 is 18.9 Å². The van der Waals surface area contributed by atoms with Crippen molar-refractivity contribution in [2.45, 2.75) is 13.5 Å². The molecule has 7 heteroatoms. The number of Topliss-reactive ketones (excluding diaryl/α,β-unsaturated/α-hetero) is 1. The molecule has 0 bridgehead atoms. The van der Waals surface area contributed by atoms with E-state index in [9.17, 15) is 4.79 Å². The lowest BCUT2D eigenvalue weighted by Crippen LogP contribution is -2.01. The van der Waals surface area contributed by atoms with Crippen molar-refractivity contribution in [1.82, 2.24) is 0 Å². The average molecular weight is 471 g/mol. The quantitative estimate of drug-likeness (QED) is 0.384. The predicted octanol–water partition coefficient (Wildman–Crippen LogP) is 6.51. The fourth-order valence-electron chi connectivity index (χ4n) is 3.53. The van der Waals surface area contributed by atoms with E-state index in [0.717, 1.165) is 11.1 Å². The number of carbonyl (C=O) groups excluding carboxylic acids is 1. The van der Waals surface area contributed by atoms with Crippen molar-refractivity contribution in [2.24, 2.45) is 0 Å². The molecule has 0 radical (unpaired) electrons. The van der Waals surface area contributed by atoms with Gasteiger partial charge in [-0.1, -0.05) is 41.4 Å². The first-order valence-corrected chi connectivity index (χ1v) is 10.5. The molecule has 0 fully saturated rings. The maximum Gasteiger partial charge on any atom is 0.232 e. The zero-order chi connectivity index (χ0) is 22.8. The third-order valence-electron chi connectivity index (χ3n) is 5.07. The van der Waals surface area contributed by atoms with Gasteiger partial charge in [0.25, 0.3) is 0 Å². The first-order chi connectivity index (χ1) is 15.4. The van der Waals surface area contributed by atoms with Crippen molar-refractivity contribution in [3.63, 3.8) is 0 Å². The van der Waals surface area contributed by atoms with Crippen LogP contribution < -0.4 is 18.9 Å². The summed E-state index contributed by atoms with van der Waals surface area (Å²) in [5, 5.41) is 1.09. The fourth-order valence-corrected chi connectivity index (χ4v) is 3.99. The third-order valence-corrected chi connectivity index (χ3v) is 5.66. The van der Waals surface area contributed by atoms with Crippen molar-refractivity contribution in [3.8, 4) is 23.0 Å². The van der Waals surface area contributed by atoms with Crippen LogP contribution in [0.15, 0.2) is 54.3 Å². The molecule has 32 heavy (non-hydrogen) atoms. The highest BCUT2D eigenvalue weighted by atomic mass is 35.5. The molecule has 0 saturated carbocycles. The van der Waals surface area contributed by atoms with Crippen LogP contribution in [0, 0.1) is 6.92 Å². The number of aryl methyl sites for hydroxylation is 1. The molecule has 164 valence electrons. The van der Waals surface area contributed by atoms with Gasteiger partial charge >= 0.3 is 0 Å². The Labute approximate surface area is 196 Å². The first kappa shape index (κ1) is 22.1. The van der Waals surface area contributed by atoms with Gasteiger partial charge in [0, 0.05) is 27.2 Å². The second kappa shape index (κ2) is 9.15. The second-order valence-electron chi connectivity index (χ2n) is 7.16. The normalized spacial score (nSPS) is 13.7. The zero-order valence-corrected chi connectivity index (χ0v) is 19.2. The number of allylic oxidation sites excluding steroid dienone is 1. The highest BCUT2D eigenvalue weighted by Gasteiger charge is 2.30. The lowest BCUT2D eigenvalue weighted by Gasteiger charge is -2.10. The Balaban J connectivity index is 1.60. The van der Waals surface area contributed by atoms with Gasteiger partial charge in [0.1, 0.15) is 18.1 Å².